The Balaban J connectivity index is 0.00000312. The molecule has 2 N–H and O–H groups in total. The van der Waals surface area contributed by atoms with E-state index in [-0.39, 0.29) is 36.0 Å². The van der Waals surface area contributed by atoms with Crippen LogP contribution in [0.15, 0.2) is 30.3 Å². The lowest BCUT2D eigenvalue weighted by atomic mass is 9.94. The van der Waals surface area contributed by atoms with Crippen molar-refractivity contribution in [3.63, 3.8) is 0 Å². The minimum absolute atomic E-state index is 0. The number of hydrogen-bond acceptors (Lipinski definition) is 3. The van der Waals surface area contributed by atoms with E-state index in [1.165, 1.54) is 0 Å². The van der Waals surface area contributed by atoms with Crippen molar-refractivity contribution in [1.82, 2.24) is 0 Å². The first-order chi connectivity index (χ1) is 11.4. The minimum atomic E-state index is -0.905. The second-order valence-electron chi connectivity index (χ2n) is 5.38. The molecule has 0 aliphatic rings. The molecule has 7 heteroatoms. The van der Waals surface area contributed by atoms with Crippen molar-refractivity contribution in [2.24, 2.45) is 5.73 Å². The predicted octanol–water partition coefficient (Wildman–Crippen LogP) is 5.48. The Bertz CT molecular complexity index is 768. The van der Waals surface area contributed by atoms with Crippen LogP contribution in [-0.2, 0) is 9.53 Å². The second-order valence-corrected chi connectivity index (χ2v) is 6.16. The summed E-state index contributed by atoms with van der Waals surface area (Å²) in [6, 6.07) is 7.85. The van der Waals surface area contributed by atoms with Crippen molar-refractivity contribution in [2.45, 2.75) is 26.3 Å². The molecule has 0 fully saturated rings. The van der Waals surface area contributed by atoms with Crippen LogP contribution < -0.4 is 5.73 Å². The molecule has 2 aromatic carbocycles. The molecular formula is C18H19Cl3FNO2. The second kappa shape index (κ2) is 9.39. The Morgan fingerprint density at radius 1 is 1.28 bits per heavy atom. The molecule has 0 saturated carbocycles. The van der Waals surface area contributed by atoms with Gasteiger partial charge in [0.05, 0.1) is 18.1 Å². The lowest BCUT2D eigenvalue weighted by Crippen LogP contribution is -2.19. The molecule has 1 atom stereocenters. The van der Waals surface area contributed by atoms with Gasteiger partial charge < -0.3 is 10.5 Å². The predicted molar refractivity (Wildman–Crippen MR) is 102 cm³/mol. The third-order valence-electron chi connectivity index (χ3n) is 3.64. The maximum atomic E-state index is 14.6. The van der Waals surface area contributed by atoms with Crippen LogP contribution in [0.3, 0.4) is 0 Å². The maximum Gasteiger partial charge on any atom is 0.307 e. The number of benzene rings is 2. The Hall–Kier alpha value is -1.33. The molecule has 0 spiro atoms. The topological polar surface area (TPSA) is 52.3 Å². The highest BCUT2D eigenvalue weighted by Gasteiger charge is 2.24. The van der Waals surface area contributed by atoms with Crippen LogP contribution in [0.1, 0.15) is 30.5 Å². The fourth-order valence-corrected chi connectivity index (χ4v) is 3.12. The monoisotopic (exact) mass is 405 g/mol. The largest absolute Gasteiger partial charge is 0.466 e. The van der Waals surface area contributed by atoms with Gasteiger partial charge in [-0.3, -0.25) is 4.79 Å². The van der Waals surface area contributed by atoms with Gasteiger partial charge in [0.25, 0.3) is 0 Å². The van der Waals surface area contributed by atoms with E-state index in [2.05, 4.69) is 0 Å². The number of ether oxygens (including phenoxy) is 1. The van der Waals surface area contributed by atoms with Gasteiger partial charge in [-0.25, -0.2) is 4.39 Å². The number of nitrogens with two attached hydrogens (primary N) is 1. The number of rotatable bonds is 5. The Morgan fingerprint density at radius 2 is 1.92 bits per heavy atom. The lowest BCUT2D eigenvalue weighted by molar-refractivity contribution is -0.143. The van der Waals surface area contributed by atoms with E-state index in [1.807, 2.05) is 6.07 Å². The van der Waals surface area contributed by atoms with Crippen molar-refractivity contribution < 1.29 is 13.9 Å². The summed E-state index contributed by atoms with van der Waals surface area (Å²) in [5.41, 5.74) is 7.76. The summed E-state index contributed by atoms with van der Waals surface area (Å²) < 4.78 is 19.5. The van der Waals surface area contributed by atoms with E-state index >= 15 is 0 Å². The molecule has 2 rings (SSSR count). The summed E-state index contributed by atoms with van der Waals surface area (Å²) >= 11 is 12.6. The first kappa shape index (κ1) is 21.7. The number of carbonyl (C=O) groups is 1. The molecular weight excluding hydrogens is 388 g/mol. The summed E-state index contributed by atoms with van der Waals surface area (Å²) in [5, 5.41) is 0.651. The van der Waals surface area contributed by atoms with Crippen LogP contribution in [0, 0.1) is 12.7 Å². The maximum absolute atomic E-state index is 14.6. The molecule has 0 aromatic heterocycles. The van der Waals surface area contributed by atoms with Crippen molar-refractivity contribution in [3.05, 3.63) is 57.3 Å². The molecule has 0 saturated heterocycles. The van der Waals surface area contributed by atoms with Crippen molar-refractivity contribution in [3.8, 4) is 11.1 Å². The Kier molecular flexibility index (Phi) is 8.16. The average molecular weight is 407 g/mol. The van der Waals surface area contributed by atoms with Crippen molar-refractivity contribution in [1.29, 1.82) is 0 Å². The first-order valence-electron chi connectivity index (χ1n) is 7.51. The molecule has 0 radical (unpaired) electrons. The van der Waals surface area contributed by atoms with Gasteiger partial charge in [0, 0.05) is 27.8 Å². The van der Waals surface area contributed by atoms with Crippen LogP contribution in [0.4, 0.5) is 4.39 Å². The molecule has 3 nitrogen and oxygen atoms in total. The molecule has 0 aliphatic heterocycles. The summed E-state index contributed by atoms with van der Waals surface area (Å²) in [6.07, 6.45) is -0.157. The lowest BCUT2D eigenvalue weighted by Gasteiger charge is -2.19. The first-order valence-corrected chi connectivity index (χ1v) is 8.27. The highest BCUT2D eigenvalue weighted by atomic mass is 35.5. The molecule has 136 valence electrons. The number of carbonyl (C=O) groups excluding carboxylic acids is 1. The highest BCUT2D eigenvalue weighted by molar-refractivity contribution is 6.37. The van der Waals surface area contributed by atoms with E-state index < -0.39 is 17.8 Å². The van der Waals surface area contributed by atoms with Crippen LogP contribution in [0.5, 0.6) is 0 Å². The third-order valence-corrected chi connectivity index (χ3v) is 4.38. The van der Waals surface area contributed by atoms with Gasteiger partial charge in [0.1, 0.15) is 5.82 Å². The van der Waals surface area contributed by atoms with Crippen LogP contribution in [0.2, 0.25) is 10.0 Å². The zero-order chi connectivity index (χ0) is 17.9. The van der Waals surface area contributed by atoms with E-state index in [1.54, 1.807) is 38.1 Å². The molecule has 0 aliphatic carbocycles. The molecule has 0 heterocycles. The Morgan fingerprint density at radius 3 is 2.52 bits per heavy atom. The minimum Gasteiger partial charge on any atom is -0.466 e. The van der Waals surface area contributed by atoms with Gasteiger partial charge >= 0.3 is 5.97 Å². The van der Waals surface area contributed by atoms with E-state index in [9.17, 15) is 9.18 Å². The van der Waals surface area contributed by atoms with E-state index in [4.69, 9.17) is 33.7 Å². The quantitative estimate of drug-likeness (QED) is 0.669. The van der Waals surface area contributed by atoms with Gasteiger partial charge in [0.15, 0.2) is 0 Å². The number of halogens is 4. The fraction of sp³-hybridized carbons (Fsp3) is 0.278. The molecule has 0 amide bonds. The average Bonchev–Trinajstić information content (AvgIpc) is 2.52. The smallest absolute Gasteiger partial charge is 0.307 e. The van der Waals surface area contributed by atoms with Crippen molar-refractivity contribution >= 4 is 41.6 Å². The standard InChI is InChI=1S/C18H18Cl2FNO2.ClH/c1-3-24-15(23)9-14(22)16-17(20)12(8-10(2)18(16)21)11-6-4-5-7-13(11)19;/h4-8,14H,3,9,22H2,1-2H3;1H. The van der Waals surface area contributed by atoms with E-state index in [0.29, 0.717) is 21.7 Å². The van der Waals surface area contributed by atoms with Gasteiger partial charge in [-0.1, -0.05) is 41.4 Å². The molecule has 1 unspecified atom stereocenters. The zero-order valence-electron chi connectivity index (χ0n) is 13.8. The number of esters is 1. The number of hydrogen-bond donors (Lipinski definition) is 1. The van der Waals surface area contributed by atoms with Gasteiger partial charge in [-0.2, -0.15) is 0 Å². The summed E-state index contributed by atoms with van der Waals surface area (Å²) in [6.45, 7) is 3.55. The SMILES string of the molecule is CCOC(=O)CC(N)c1c(F)c(C)cc(-c2ccccc2Cl)c1Cl.Cl. The molecule has 25 heavy (non-hydrogen) atoms. The van der Waals surface area contributed by atoms with Crippen molar-refractivity contribution in [2.75, 3.05) is 6.61 Å². The van der Waals surface area contributed by atoms with Crippen LogP contribution >= 0.6 is 35.6 Å². The third kappa shape index (κ3) is 4.85. The normalized spacial score (nSPS) is 11.6. The van der Waals surface area contributed by atoms with Gasteiger partial charge in [-0.15, -0.1) is 12.4 Å². The van der Waals surface area contributed by atoms with E-state index in [0.717, 1.165) is 0 Å². The zero-order valence-corrected chi connectivity index (χ0v) is 16.1. The van der Waals surface area contributed by atoms with Gasteiger partial charge in [0.2, 0.25) is 0 Å². The highest BCUT2D eigenvalue weighted by Crippen LogP contribution is 2.39. The number of aryl methyl sites for hydroxylation is 1. The van der Waals surface area contributed by atoms with Gasteiger partial charge in [-0.05, 0) is 31.5 Å². The summed E-state index contributed by atoms with van der Waals surface area (Å²) in [5.74, 6) is -1.02. The summed E-state index contributed by atoms with van der Waals surface area (Å²) in [4.78, 5) is 11.7. The fourth-order valence-electron chi connectivity index (χ4n) is 2.50. The van der Waals surface area contributed by atoms with Crippen LogP contribution in [-0.4, -0.2) is 12.6 Å². The molecule has 0 bridgehead atoms. The van der Waals surface area contributed by atoms with Crippen LogP contribution in [0.25, 0.3) is 11.1 Å². The summed E-state index contributed by atoms with van der Waals surface area (Å²) in [7, 11) is 0. The Labute approximate surface area is 162 Å². The molecule has 2 aromatic rings.